The number of anilines is 1. The minimum atomic E-state index is -1.11. The molecule has 0 bridgehead atoms. The Hall–Kier alpha value is -5.28. The summed E-state index contributed by atoms with van der Waals surface area (Å²) in [7, 11) is 4.02. The summed E-state index contributed by atoms with van der Waals surface area (Å²) in [5.74, 6) is -1.15. The van der Waals surface area contributed by atoms with Gasteiger partial charge in [0.1, 0.15) is 5.54 Å². The van der Waals surface area contributed by atoms with E-state index in [0.29, 0.717) is 42.2 Å². The van der Waals surface area contributed by atoms with Crippen molar-refractivity contribution in [3.8, 4) is 11.3 Å². The van der Waals surface area contributed by atoms with Crippen LogP contribution in [0.15, 0.2) is 85.1 Å². The van der Waals surface area contributed by atoms with Crippen LogP contribution in [0.25, 0.3) is 39.1 Å². The molecule has 2 aliphatic rings. The van der Waals surface area contributed by atoms with E-state index in [9.17, 15) is 14.4 Å². The van der Waals surface area contributed by atoms with Gasteiger partial charge in [0.25, 0.3) is 11.8 Å². The van der Waals surface area contributed by atoms with E-state index < -0.39 is 11.5 Å². The molecule has 0 radical (unpaired) electrons. The van der Waals surface area contributed by atoms with Gasteiger partial charge in [-0.2, -0.15) is 0 Å². The second-order valence-corrected chi connectivity index (χ2v) is 13.2. The highest BCUT2D eigenvalue weighted by Crippen LogP contribution is 2.45. The topological polar surface area (TPSA) is 117 Å². The fourth-order valence-corrected chi connectivity index (χ4v) is 7.54. The van der Waals surface area contributed by atoms with E-state index in [-0.39, 0.29) is 11.8 Å². The maximum absolute atomic E-state index is 14.0. The second-order valence-electron chi connectivity index (χ2n) is 13.2. The number of benzene rings is 3. The van der Waals surface area contributed by atoms with Gasteiger partial charge in [-0.25, -0.2) is 4.79 Å². The zero-order valence-electron chi connectivity index (χ0n) is 27.2. The normalized spacial score (nSPS) is 18.6. The van der Waals surface area contributed by atoms with Crippen LogP contribution in [0, 0.1) is 0 Å². The van der Waals surface area contributed by atoms with Gasteiger partial charge in [0.15, 0.2) is 0 Å². The monoisotopic (exact) mass is 641 g/mol. The van der Waals surface area contributed by atoms with Gasteiger partial charge in [-0.3, -0.25) is 14.6 Å². The van der Waals surface area contributed by atoms with E-state index in [1.54, 1.807) is 24.3 Å². The lowest BCUT2D eigenvalue weighted by atomic mass is 9.91. The molecule has 9 nitrogen and oxygen atoms in total. The number of aromatic nitrogens is 2. The first kappa shape index (κ1) is 31.3. The Morgan fingerprint density at radius 1 is 0.979 bits per heavy atom. The first-order valence-electron chi connectivity index (χ1n) is 16.5. The maximum atomic E-state index is 14.0. The minimum Gasteiger partial charge on any atom is -0.478 e. The number of nitrogens with one attached hydrogen (secondary N) is 2. The van der Waals surface area contributed by atoms with E-state index in [0.717, 1.165) is 46.3 Å². The molecule has 5 aromatic rings. The number of fused-ring (bicyclic) bond motifs is 2. The largest absolute Gasteiger partial charge is 0.478 e. The number of carbonyl (C=O) groups excluding carboxylic acids is 2. The van der Waals surface area contributed by atoms with E-state index in [2.05, 4.69) is 57.6 Å². The Kier molecular flexibility index (Phi) is 8.31. The van der Waals surface area contributed by atoms with Crippen LogP contribution in [0.1, 0.15) is 59.5 Å². The van der Waals surface area contributed by atoms with Gasteiger partial charge >= 0.3 is 5.97 Å². The van der Waals surface area contributed by atoms with Crippen molar-refractivity contribution >= 4 is 51.4 Å². The fraction of sp³-hybridized carbons (Fsp3) is 0.282. The molecule has 0 spiro atoms. The highest BCUT2D eigenvalue weighted by Gasteiger charge is 2.45. The molecule has 1 saturated carbocycles. The molecular weight excluding hydrogens is 602 g/mol. The Balaban J connectivity index is 1.20. The average molecular weight is 642 g/mol. The predicted molar refractivity (Wildman–Crippen MR) is 189 cm³/mol. The molecule has 1 aliphatic carbocycles. The lowest BCUT2D eigenvalue weighted by Gasteiger charge is -2.29. The predicted octanol–water partition coefficient (Wildman–Crippen LogP) is 6.59. The van der Waals surface area contributed by atoms with Crippen LogP contribution >= 0.6 is 0 Å². The van der Waals surface area contributed by atoms with E-state index in [1.165, 1.54) is 30.2 Å². The number of carboxylic acid groups (broad SMARTS) is 1. The Morgan fingerprint density at radius 3 is 2.50 bits per heavy atom. The van der Waals surface area contributed by atoms with Gasteiger partial charge in [0.05, 0.1) is 11.2 Å². The van der Waals surface area contributed by atoms with Gasteiger partial charge in [0, 0.05) is 60.0 Å². The number of amides is 2. The highest BCUT2D eigenvalue weighted by atomic mass is 16.4. The molecule has 3 heterocycles. The van der Waals surface area contributed by atoms with Gasteiger partial charge in [0.2, 0.25) is 0 Å². The summed E-state index contributed by atoms with van der Waals surface area (Å²) in [5.41, 5.74) is 6.27. The van der Waals surface area contributed by atoms with Crippen molar-refractivity contribution in [3.05, 3.63) is 102 Å². The number of aliphatic carboxylic acids is 1. The van der Waals surface area contributed by atoms with Crippen molar-refractivity contribution in [2.24, 2.45) is 7.05 Å². The summed E-state index contributed by atoms with van der Waals surface area (Å²) in [4.78, 5) is 45.2. The standard InChI is InChI=1S/C39H39N5O4/c1-43-21-19-39(24-43,38(48)41-30-14-9-25(10-15-30)11-18-34(45)46)42-37(47)29-12-16-31-33(23-29)44(2)36(35(31)26-6-3-4-7-26)28-13-17-32-27(22-28)8-5-20-40-32/h5,8-18,20,22-23,26H,3-4,6-7,19,21,24H2,1-2H3,(H,41,48)(H,42,47)(H,45,46)/b18-11+/t39-/m0/s1. The molecule has 244 valence electrons. The van der Waals surface area contributed by atoms with Crippen LogP contribution in [0.2, 0.25) is 0 Å². The molecule has 0 unspecified atom stereocenters. The number of hydrogen-bond donors (Lipinski definition) is 3. The number of rotatable bonds is 8. The number of aryl methyl sites for hydroxylation is 1. The SMILES string of the molecule is CN1CC[C@@](NC(=O)c2ccc3c(C4CCCC4)c(-c4ccc5ncccc5c4)n(C)c3c2)(C(=O)Nc2ccc(/C=C/C(=O)O)cc2)C1. The lowest BCUT2D eigenvalue weighted by Crippen LogP contribution is -2.58. The third-order valence-corrected chi connectivity index (χ3v) is 9.98. The van der Waals surface area contributed by atoms with Crippen LogP contribution in [0.4, 0.5) is 5.69 Å². The van der Waals surface area contributed by atoms with E-state index in [1.807, 2.05) is 36.3 Å². The molecule has 3 N–H and O–H groups in total. The molecule has 2 amide bonds. The fourth-order valence-electron chi connectivity index (χ4n) is 7.54. The number of hydrogen-bond acceptors (Lipinski definition) is 5. The van der Waals surface area contributed by atoms with Gasteiger partial charge in [-0.1, -0.05) is 43.2 Å². The van der Waals surface area contributed by atoms with Crippen LogP contribution in [-0.2, 0) is 16.6 Å². The summed E-state index contributed by atoms with van der Waals surface area (Å²) in [5, 5.41) is 17.3. The molecule has 1 saturated heterocycles. The summed E-state index contributed by atoms with van der Waals surface area (Å²) in [6.45, 7) is 1.04. The number of carbonyl (C=O) groups is 3. The number of carboxylic acids is 1. The third kappa shape index (κ3) is 5.97. The quantitative estimate of drug-likeness (QED) is 0.165. The molecule has 7 rings (SSSR count). The number of pyridine rings is 1. The minimum absolute atomic E-state index is 0.287. The molecule has 48 heavy (non-hydrogen) atoms. The lowest BCUT2D eigenvalue weighted by molar-refractivity contribution is -0.131. The van der Waals surface area contributed by atoms with Crippen LogP contribution in [0.3, 0.4) is 0 Å². The molecule has 1 aliphatic heterocycles. The second kappa shape index (κ2) is 12.7. The Morgan fingerprint density at radius 2 is 1.77 bits per heavy atom. The summed E-state index contributed by atoms with van der Waals surface area (Å²) in [6, 6.07) is 23.3. The van der Waals surface area contributed by atoms with Gasteiger partial charge in [-0.15, -0.1) is 0 Å². The molecule has 2 aromatic heterocycles. The number of likely N-dealkylation sites (tertiary alicyclic amines) is 1. The van der Waals surface area contributed by atoms with Crippen molar-refractivity contribution in [1.82, 2.24) is 19.8 Å². The zero-order valence-corrected chi connectivity index (χ0v) is 27.2. The molecule has 2 fully saturated rings. The van der Waals surface area contributed by atoms with E-state index in [4.69, 9.17) is 5.11 Å². The number of likely N-dealkylation sites (N-methyl/N-ethyl adjacent to an activating group) is 1. The van der Waals surface area contributed by atoms with Gasteiger partial charge in [-0.05, 0) is 97.5 Å². The van der Waals surface area contributed by atoms with Crippen LogP contribution in [0.5, 0.6) is 0 Å². The molecule has 3 aromatic carbocycles. The van der Waals surface area contributed by atoms with Crippen molar-refractivity contribution < 1.29 is 19.5 Å². The Bertz CT molecular complexity index is 2080. The third-order valence-electron chi connectivity index (χ3n) is 9.98. The summed E-state index contributed by atoms with van der Waals surface area (Å²) < 4.78 is 2.22. The Labute approximate surface area is 279 Å². The average Bonchev–Trinajstić information content (AvgIpc) is 3.82. The molecule has 1 atom stereocenters. The van der Waals surface area contributed by atoms with Crippen molar-refractivity contribution in [2.75, 3.05) is 25.5 Å². The van der Waals surface area contributed by atoms with Gasteiger partial charge < -0.3 is 25.2 Å². The highest BCUT2D eigenvalue weighted by molar-refractivity contribution is 6.06. The van der Waals surface area contributed by atoms with Crippen molar-refractivity contribution in [3.63, 3.8) is 0 Å². The zero-order chi connectivity index (χ0) is 33.4. The van der Waals surface area contributed by atoms with E-state index >= 15 is 0 Å². The summed E-state index contributed by atoms with van der Waals surface area (Å²) >= 11 is 0. The smallest absolute Gasteiger partial charge is 0.328 e. The summed E-state index contributed by atoms with van der Waals surface area (Å²) in [6.07, 6.45) is 9.57. The molecular formula is C39H39N5O4. The number of nitrogens with zero attached hydrogens (tertiary/aromatic N) is 3. The molecule has 9 heteroatoms. The maximum Gasteiger partial charge on any atom is 0.328 e. The van der Waals surface area contributed by atoms with Crippen molar-refractivity contribution in [1.29, 1.82) is 0 Å². The first-order valence-corrected chi connectivity index (χ1v) is 16.5. The van der Waals surface area contributed by atoms with Crippen molar-refractivity contribution in [2.45, 2.75) is 43.6 Å². The van der Waals surface area contributed by atoms with Crippen LogP contribution < -0.4 is 10.6 Å². The first-order chi connectivity index (χ1) is 23.2. The van der Waals surface area contributed by atoms with Crippen LogP contribution in [-0.4, -0.2) is 63.0 Å².